The summed E-state index contributed by atoms with van der Waals surface area (Å²) in [6.07, 6.45) is 11.2. The minimum atomic E-state index is -1.22. The largest absolute Gasteiger partial charge is 0.378 e. The fraction of sp³-hybridized carbons (Fsp3) is 0.333. The highest BCUT2D eigenvalue weighted by Crippen LogP contribution is 2.29. The maximum absolute atomic E-state index is 13.1. The molecule has 2 fully saturated rings. The molecule has 2 aliphatic heterocycles. The lowest BCUT2D eigenvalue weighted by atomic mass is 10.1. The molecule has 190 valence electrons. The molecule has 0 N–H and O–H groups in total. The number of hydrogen-bond acceptors (Lipinski definition) is 7. The number of hydrogen-bond donors (Lipinski definition) is 0. The van der Waals surface area contributed by atoms with Gasteiger partial charge in [0.1, 0.15) is 0 Å². The van der Waals surface area contributed by atoms with Gasteiger partial charge in [0.15, 0.2) is 0 Å². The van der Waals surface area contributed by atoms with Crippen LogP contribution in [0.3, 0.4) is 0 Å². The lowest BCUT2D eigenvalue weighted by Gasteiger charge is -2.26. The van der Waals surface area contributed by atoms with E-state index in [0.29, 0.717) is 42.7 Å². The summed E-state index contributed by atoms with van der Waals surface area (Å²) in [4.78, 5) is 31.7. The van der Waals surface area contributed by atoms with E-state index in [0.717, 1.165) is 40.9 Å². The summed E-state index contributed by atoms with van der Waals surface area (Å²) in [5, 5.41) is 0.812. The minimum absolute atomic E-state index is 0.0441. The number of aromatic nitrogens is 4. The fourth-order valence-electron chi connectivity index (χ4n) is 5.00. The van der Waals surface area contributed by atoms with Gasteiger partial charge in [0, 0.05) is 79.4 Å². The van der Waals surface area contributed by atoms with Crippen LogP contribution in [0.4, 0.5) is 5.69 Å². The van der Waals surface area contributed by atoms with Gasteiger partial charge in [-0.2, -0.15) is 0 Å². The summed E-state index contributed by atoms with van der Waals surface area (Å²) in [5.41, 5.74) is 4.12. The molecule has 0 saturated carbocycles. The third-order valence-electron chi connectivity index (χ3n) is 6.99. The second-order valence-electron chi connectivity index (χ2n) is 9.32. The quantitative estimate of drug-likeness (QED) is 0.402. The third-order valence-corrected chi connectivity index (χ3v) is 7.93. The maximum Gasteiger partial charge on any atom is 0.254 e. The summed E-state index contributed by atoms with van der Waals surface area (Å²) in [5.74, 6) is 0.398. The molecule has 2 saturated heterocycles. The Balaban J connectivity index is 1.35. The molecule has 0 bridgehead atoms. The molecule has 6 rings (SSSR count). The third kappa shape index (κ3) is 4.62. The van der Waals surface area contributed by atoms with E-state index in [2.05, 4.69) is 25.9 Å². The standard InChI is InChI=1S/C27H28N6O3S/c1-37(35)25-18-33(24-14-19(4-5-22(24)25)26(34)32-10-12-36-13-11-32)27-29-16-20(17-30-27)23-15-21(6-7-28-23)31-8-2-3-9-31/h4-7,14-18H,2-3,8-13H2,1H3. The van der Waals surface area contributed by atoms with Gasteiger partial charge in [0.25, 0.3) is 5.91 Å². The van der Waals surface area contributed by atoms with Gasteiger partial charge < -0.3 is 14.5 Å². The average Bonchev–Trinajstić information content (AvgIpc) is 3.62. The van der Waals surface area contributed by atoms with E-state index in [9.17, 15) is 9.00 Å². The Labute approximate surface area is 217 Å². The number of amides is 1. The van der Waals surface area contributed by atoms with Gasteiger partial charge in [-0.05, 0) is 37.1 Å². The van der Waals surface area contributed by atoms with Crippen molar-refractivity contribution in [3.8, 4) is 17.2 Å². The predicted octanol–water partition coefficient (Wildman–Crippen LogP) is 3.29. The highest BCUT2D eigenvalue weighted by Gasteiger charge is 2.21. The first-order valence-electron chi connectivity index (χ1n) is 12.5. The Kier molecular flexibility index (Phi) is 6.43. The minimum Gasteiger partial charge on any atom is -0.378 e. The van der Waals surface area contributed by atoms with E-state index >= 15 is 0 Å². The zero-order chi connectivity index (χ0) is 25.4. The summed E-state index contributed by atoms with van der Waals surface area (Å²) in [6, 6.07) is 9.61. The smallest absolute Gasteiger partial charge is 0.254 e. The number of pyridine rings is 1. The van der Waals surface area contributed by atoms with Crippen LogP contribution >= 0.6 is 0 Å². The second kappa shape index (κ2) is 10.0. The maximum atomic E-state index is 13.1. The van der Waals surface area contributed by atoms with Crippen LogP contribution in [0.5, 0.6) is 0 Å². The summed E-state index contributed by atoms with van der Waals surface area (Å²) < 4.78 is 19.7. The molecule has 0 spiro atoms. The van der Waals surface area contributed by atoms with Gasteiger partial charge in [-0.25, -0.2) is 9.97 Å². The summed E-state index contributed by atoms with van der Waals surface area (Å²) >= 11 is 0. The van der Waals surface area contributed by atoms with Crippen LogP contribution in [-0.4, -0.2) is 80.2 Å². The van der Waals surface area contributed by atoms with Crippen molar-refractivity contribution in [2.75, 3.05) is 50.5 Å². The average molecular weight is 517 g/mol. The van der Waals surface area contributed by atoms with E-state index in [1.807, 2.05) is 24.4 Å². The van der Waals surface area contributed by atoms with E-state index in [1.54, 1.807) is 40.4 Å². The van der Waals surface area contributed by atoms with Crippen LogP contribution in [0.25, 0.3) is 28.1 Å². The van der Waals surface area contributed by atoms with Crippen LogP contribution in [-0.2, 0) is 15.5 Å². The van der Waals surface area contributed by atoms with Crippen molar-refractivity contribution in [3.05, 3.63) is 60.7 Å². The molecule has 9 nitrogen and oxygen atoms in total. The van der Waals surface area contributed by atoms with Crippen molar-refractivity contribution in [1.82, 2.24) is 24.4 Å². The molecular formula is C27H28N6O3S. The molecular weight excluding hydrogens is 488 g/mol. The van der Waals surface area contributed by atoms with Crippen LogP contribution < -0.4 is 4.90 Å². The van der Waals surface area contributed by atoms with Gasteiger partial charge >= 0.3 is 0 Å². The van der Waals surface area contributed by atoms with Gasteiger partial charge in [0.2, 0.25) is 5.95 Å². The molecule has 3 aromatic heterocycles. The molecule has 1 amide bonds. The second-order valence-corrected chi connectivity index (χ2v) is 10.7. The van der Waals surface area contributed by atoms with Crippen LogP contribution in [0.15, 0.2) is 60.0 Å². The molecule has 5 heterocycles. The summed E-state index contributed by atoms with van der Waals surface area (Å²) in [7, 11) is -1.22. The number of benzene rings is 1. The van der Waals surface area contributed by atoms with Crippen molar-refractivity contribution < 1.29 is 13.7 Å². The molecule has 1 unspecified atom stereocenters. The number of morpholine rings is 1. The van der Waals surface area contributed by atoms with E-state index in [-0.39, 0.29) is 5.91 Å². The first-order chi connectivity index (χ1) is 18.1. The van der Waals surface area contributed by atoms with E-state index < -0.39 is 10.8 Å². The van der Waals surface area contributed by atoms with Gasteiger partial charge in [-0.3, -0.25) is 18.6 Å². The molecule has 10 heteroatoms. The van der Waals surface area contributed by atoms with Crippen molar-refractivity contribution in [1.29, 1.82) is 0 Å². The number of carbonyl (C=O) groups excluding carboxylic acids is 1. The Morgan fingerprint density at radius 2 is 1.73 bits per heavy atom. The lowest BCUT2D eigenvalue weighted by Crippen LogP contribution is -2.40. The number of nitrogens with zero attached hydrogens (tertiary/aromatic N) is 6. The van der Waals surface area contributed by atoms with Crippen LogP contribution in [0.2, 0.25) is 0 Å². The topological polar surface area (TPSA) is 93.5 Å². The van der Waals surface area contributed by atoms with Crippen LogP contribution in [0.1, 0.15) is 23.2 Å². The van der Waals surface area contributed by atoms with E-state index in [4.69, 9.17) is 4.74 Å². The molecule has 37 heavy (non-hydrogen) atoms. The Morgan fingerprint density at radius 1 is 0.973 bits per heavy atom. The molecule has 1 atom stereocenters. The number of fused-ring (bicyclic) bond motifs is 1. The SMILES string of the molecule is CS(=O)c1cn(-c2ncc(-c3cc(N4CCCC4)ccn3)cn2)c2cc(C(=O)N3CCOCC3)ccc12. The predicted molar refractivity (Wildman–Crippen MR) is 143 cm³/mol. The van der Waals surface area contributed by atoms with Gasteiger partial charge in [0.05, 0.1) is 40.1 Å². The number of ether oxygens (including phenoxy) is 1. The van der Waals surface area contributed by atoms with Gasteiger partial charge in [-0.1, -0.05) is 6.07 Å². The molecule has 0 radical (unpaired) electrons. The zero-order valence-corrected chi connectivity index (χ0v) is 21.5. The van der Waals surface area contributed by atoms with Crippen molar-refractivity contribution in [2.45, 2.75) is 17.7 Å². The first-order valence-corrected chi connectivity index (χ1v) is 14.0. The fourth-order valence-corrected chi connectivity index (χ4v) is 5.74. The van der Waals surface area contributed by atoms with Crippen molar-refractivity contribution in [3.63, 3.8) is 0 Å². The number of anilines is 1. The van der Waals surface area contributed by atoms with Crippen molar-refractivity contribution in [2.24, 2.45) is 0 Å². The number of carbonyl (C=O) groups is 1. The van der Waals surface area contributed by atoms with Gasteiger partial charge in [-0.15, -0.1) is 0 Å². The zero-order valence-electron chi connectivity index (χ0n) is 20.7. The normalized spacial score (nSPS) is 16.9. The van der Waals surface area contributed by atoms with Crippen molar-refractivity contribution >= 4 is 33.3 Å². The monoisotopic (exact) mass is 516 g/mol. The Bertz CT molecular complexity index is 1470. The first kappa shape index (κ1) is 23.7. The highest BCUT2D eigenvalue weighted by molar-refractivity contribution is 7.84. The molecule has 4 aromatic rings. The molecule has 1 aromatic carbocycles. The van der Waals surface area contributed by atoms with Crippen LogP contribution in [0, 0.1) is 0 Å². The molecule has 2 aliphatic rings. The van der Waals surface area contributed by atoms with E-state index in [1.165, 1.54) is 12.8 Å². The highest BCUT2D eigenvalue weighted by atomic mass is 32.2. The molecule has 0 aliphatic carbocycles. The number of rotatable bonds is 5. The lowest BCUT2D eigenvalue weighted by molar-refractivity contribution is 0.0303. The Hall–Kier alpha value is -3.63. The Morgan fingerprint density at radius 3 is 2.46 bits per heavy atom. The summed E-state index contributed by atoms with van der Waals surface area (Å²) in [6.45, 7) is 4.35.